The first-order chi connectivity index (χ1) is 5.61. The van der Waals surface area contributed by atoms with Crippen molar-refractivity contribution in [3.8, 4) is 0 Å². The van der Waals surface area contributed by atoms with Crippen molar-refractivity contribution in [3.63, 3.8) is 0 Å². The van der Waals surface area contributed by atoms with Gasteiger partial charge in [0.25, 0.3) is 0 Å². The van der Waals surface area contributed by atoms with Crippen molar-refractivity contribution in [3.05, 3.63) is 29.3 Å². The summed E-state index contributed by atoms with van der Waals surface area (Å²) in [6.45, 7) is 1.71. The van der Waals surface area contributed by atoms with E-state index in [1.54, 1.807) is 17.9 Å². The summed E-state index contributed by atoms with van der Waals surface area (Å²) >= 11 is 5.79. The zero-order valence-corrected chi connectivity index (χ0v) is 7.92. The number of rotatable bonds is 2. The Morgan fingerprint density at radius 2 is 2.17 bits per heavy atom. The monoisotopic (exact) mass is 185 g/mol. The molecule has 0 bridgehead atoms. The molecule has 0 amide bonds. The van der Waals surface area contributed by atoms with Crippen molar-refractivity contribution in [1.82, 2.24) is 0 Å². The largest absolute Gasteiger partial charge is 0.374 e. The van der Waals surface area contributed by atoms with Gasteiger partial charge in [-0.15, -0.1) is 0 Å². The van der Waals surface area contributed by atoms with Gasteiger partial charge in [0.05, 0.1) is 0 Å². The highest BCUT2D eigenvalue weighted by molar-refractivity contribution is 6.30. The summed E-state index contributed by atoms with van der Waals surface area (Å²) < 4.78 is 0. The molecule has 0 aliphatic rings. The van der Waals surface area contributed by atoms with E-state index in [-0.39, 0.29) is 0 Å². The minimum Gasteiger partial charge on any atom is -0.374 e. The number of aliphatic hydroxyl groups is 1. The molecule has 1 aromatic carbocycles. The van der Waals surface area contributed by atoms with Gasteiger partial charge in [-0.3, -0.25) is 0 Å². The summed E-state index contributed by atoms with van der Waals surface area (Å²) in [7, 11) is 1.82. The summed E-state index contributed by atoms with van der Waals surface area (Å²) in [5, 5.41) is 9.93. The molecule has 0 heterocycles. The lowest BCUT2D eigenvalue weighted by molar-refractivity contribution is 0.195. The lowest BCUT2D eigenvalue weighted by Gasteiger charge is -2.22. The maximum absolute atomic E-state index is 9.25. The highest BCUT2D eigenvalue weighted by Gasteiger charge is 2.05. The van der Waals surface area contributed by atoms with Crippen LogP contribution in [0.2, 0.25) is 5.02 Å². The Kier molecular flexibility index (Phi) is 2.95. The van der Waals surface area contributed by atoms with Crippen LogP contribution in [0.15, 0.2) is 24.3 Å². The van der Waals surface area contributed by atoms with Crippen LogP contribution in [0.3, 0.4) is 0 Å². The second-order valence-electron chi connectivity index (χ2n) is 2.72. The third-order valence-corrected chi connectivity index (χ3v) is 2.01. The molecule has 0 spiro atoms. The van der Waals surface area contributed by atoms with Crippen molar-refractivity contribution in [2.45, 2.75) is 13.2 Å². The molecule has 1 rings (SSSR count). The van der Waals surface area contributed by atoms with Crippen LogP contribution in [0.5, 0.6) is 0 Å². The van der Waals surface area contributed by atoms with E-state index in [0.29, 0.717) is 5.02 Å². The average molecular weight is 186 g/mol. The molecule has 66 valence electrons. The third kappa shape index (κ3) is 2.13. The number of hydrogen-bond acceptors (Lipinski definition) is 2. The van der Waals surface area contributed by atoms with E-state index in [4.69, 9.17) is 11.6 Å². The van der Waals surface area contributed by atoms with Crippen LogP contribution >= 0.6 is 11.6 Å². The van der Waals surface area contributed by atoms with Crippen LogP contribution in [-0.2, 0) is 0 Å². The van der Waals surface area contributed by atoms with Crippen molar-refractivity contribution < 1.29 is 5.11 Å². The topological polar surface area (TPSA) is 23.5 Å². The van der Waals surface area contributed by atoms with Gasteiger partial charge in [0, 0.05) is 17.8 Å². The van der Waals surface area contributed by atoms with Crippen molar-refractivity contribution >= 4 is 17.3 Å². The standard InChI is InChI=1S/C9H12ClNO/c1-7(12)11(2)9-5-3-4-8(10)6-9/h3-7,12H,1-2H3. The molecular formula is C9H12ClNO. The molecular weight excluding hydrogens is 174 g/mol. The van der Waals surface area contributed by atoms with Crippen molar-refractivity contribution in [2.75, 3.05) is 11.9 Å². The first-order valence-corrected chi connectivity index (χ1v) is 4.15. The molecule has 0 radical (unpaired) electrons. The molecule has 0 aliphatic carbocycles. The molecule has 0 saturated heterocycles. The molecule has 0 aliphatic heterocycles. The fourth-order valence-electron chi connectivity index (χ4n) is 0.911. The lowest BCUT2D eigenvalue weighted by atomic mass is 10.3. The van der Waals surface area contributed by atoms with E-state index in [1.165, 1.54) is 0 Å². The number of aliphatic hydroxyl groups excluding tert-OH is 1. The predicted octanol–water partition coefficient (Wildman–Crippen LogP) is 2.11. The smallest absolute Gasteiger partial charge is 0.123 e. The van der Waals surface area contributed by atoms with Gasteiger partial charge in [-0.2, -0.15) is 0 Å². The van der Waals surface area contributed by atoms with Crippen molar-refractivity contribution in [2.24, 2.45) is 0 Å². The van der Waals surface area contributed by atoms with Gasteiger partial charge >= 0.3 is 0 Å². The molecule has 3 heteroatoms. The second-order valence-corrected chi connectivity index (χ2v) is 3.16. The number of anilines is 1. The molecule has 12 heavy (non-hydrogen) atoms. The minimum atomic E-state index is -0.497. The Bertz CT molecular complexity index is 262. The molecule has 0 aromatic heterocycles. The van der Waals surface area contributed by atoms with E-state index >= 15 is 0 Å². The van der Waals surface area contributed by atoms with Gasteiger partial charge in [0.1, 0.15) is 6.23 Å². The highest BCUT2D eigenvalue weighted by Crippen LogP contribution is 2.18. The van der Waals surface area contributed by atoms with Gasteiger partial charge in [-0.1, -0.05) is 17.7 Å². The van der Waals surface area contributed by atoms with Crippen LogP contribution < -0.4 is 4.90 Å². The van der Waals surface area contributed by atoms with Crippen LogP contribution in [0.25, 0.3) is 0 Å². The maximum Gasteiger partial charge on any atom is 0.123 e. The second kappa shape index (κ2) is 3.78. The quantitative estimate of drug-likeness (QED) is 0.714. The number of nitrogens with zero attached hydrogens (tertiary/aromatic N) is 1. The fourth-order valence-corrected chi connectivity index (χ4v) is 1.10. The zero-order valence-electron chi connectivity index (χ0n) is 7.16. The SMILES string of the molecule is CC(O)N(C)c1cccc(Cl)c1. The molecule has 1 N–H and O–H groups in total. The van der Waals surface area contributed by atoms with E-state index in [2.05, 4.69) is 0 Å². The summed E-state index contributed by atoms with van der Waals surface area (Å²) in [4.78, 5) is 1.74. The average Bonchev–Trinajstić information content (AvgIpc) is 2.03. The van der Waals surface area contributed by atoms with Gasteiger partial charge in [0.15, 0.2) is 0 Å². The Labute approximate surface area is 77.4 Å². The van der Waals surface area contributed by atoms with Crippen LogP contribution in [-0.4, -0.2) is 18.4 Å². The van der Waals surface area contributed by atoms with Crippen molar-refractivity contribution in [1.29, 1.82) is 0 Å². The van der Waals surface area contributed by atoms with E-state index in [0.717, 1.165) is 5.69 Å². The number of benzene rings is 1. The summed E-state index contributed by atoms with van der Waals surface area (Å²) in [5.41, 5.74) is 0.914. The van der Waals surface area contributed by atoms with Gasteiger partial charge < -0.3 is 10.0 Å². The van der Waals surface area contributed by atoms with Gasteiger partial charge in [0.2, 0.25) is 0 Å². The lowest BCUT2D eigenvalue weighted by Crippen LogP contribution is -2.27. The van der Waals surface area contributed by atoms with E-state index < -0.39 is 6.23 Å². The Morgan fingerprint density at radius 3 is 2.67 bits per heavy atom. The summed E-state index contributed by atoms with van der Waals surface area (Å²) in [6.07, 6.45) is -0.497. The number of hydrogen-bond donors (Lipinski definition) is 1. The third-order valence-electron chi connectivity index (χ3n) is 1.78. The van der Waals surface area contributed by atoms with Crippen LogP contribution in [0.4, 0.5) is 5.69 Å². The minimum absolute atomic E-state index is 0.497. The molecule has 2 nitrogen and oxygen atoms in total. The Morgan fingerprint density at radius 1 is 1.50 bits per heavy atom. The molecule has 0 saturated carbocycles. The normalized spacial score (nSPS) is 12.7. The fraction of sp³-hybridized carbons (Fsp3) is 0.333. The first kappa shape index (κ1) is 9.36. The number of halogens is 1. The summed E-state index contributed by atoms with van der Waals surface area (Å²) in [6, 6.07) is 7.38. The molecule has 1 aromatic rings. The Balaban J connectivity index is 2.88. The van der Waals surface area contributed by atoms with Gasteiger partial charge in [-0.25, -0.2) is 0 Å². The molecule has 0 fully saturated rings. The predicted molar refractivity (Wildman–Crippen MR) is 51.5 cm³/mol. The van der Waals surface area contributed by atoms with Gasteiger partial charge in [-0.05, 0) is 25.1 Å². The summed E-state index contributed by atoms with van der Waals surface area (Å²) in [5.74, 6) is 0. The van der Waals surface area contributed by atoms with E-state index in [9.17, 15) is 5.11 Å². The van der Waals surface area contributed by atoms with Crippen LogP contribution in [0.1, 0.15) is 6.92 Å². The molecule has 1 unspecified atom stereocenters. The van der Waals surface area contributed by atoms with E-state index in [1.807, 2.05) is 25.2 Å². The maximum atomic E-state index is 9.25. The highest BCUT2D eigenvalue weighted by atomic mass is 35.5. The molecule has 1 atom stereocenters. The first-order valence-electron chi connectivity index (χ1n) is 3.77. The zero-order chi connectivity index (χ0) is 9.14. The van der Waals surface area contributed by atoms with Crippen LogP contribution in [0, 0.1) is 0 Å². The Hall–Kier alpha value is -0.730.